The average molecular weight is 258 g/mol. The fraction of sp³-hybridized carbons (Fsp3) is 0.500. The quantitative estimate of drug-likeness (QED) is 0.860. The molecule has 0 radical (unpaired) electrons. The van der Waals surface area contributed by atoms with Gasteiger partial charge >= 0.3 is 0 Å². The number of fused-ring (bicyclic) bond motifs is 3. The Hall–Kier alpha value is -1.48. The van der Waals surface area contributed by atoms with Crippen LogP contribution in [0.3, 0.4) is 0 Å². The largest absolute Gasteiger partial charge is 0.494 e. The average Bonchev–Trinajstić information content (AvgIpc) is 2.96. The van der Waals surface area contributed by atoms with Gasteiger partial charge in [0.1, 0.15) is 5.75 Å². The van der Waals surface area contributed by atoms with Crippen molar-refractivity contribution in [3.8, 4) is 5.75 Å². The first-order valence-electron chi connectivity index (χ1n) is 7.34. The van der Waals surface area contributed by atoms with Gasteiger partial charge < -0.3 is 15.0 Å². The Morgan fingerprint density at radius 1 is 1.37 bits per heavy atom. The van der Waals surface area contributed by atoms with E-state index >= 15 is 0 Å². The number of aromatic nitrogens is 1. The number of benzene rings is 1. The van der Waals surface area contributed by atoms with Crippen LogP contribution >= 0.6 is 0 Å². The highest BCUT2D eigenvalue weighted by molar-refractivity contribution is 5.87. The third-order valence-electron chi connectivity index (χ3n) is 3.88. The van der Waals surface area contributed by atoms with Crippen LogP contribution in [0.2, 0.25) is 0 Å². The van der Waals surface area contributed by atoms with Crippen LogP contribution < -0.4 is 10.1 Å². The Bertz CT molecular complexity index is 573. The van der Waals surface area contributed by atoms with Crippen molar-refractivity contribution in [2.75, 3.05) is 13.2 Å². The Kier molecular flexibility index (Phi) is 3.47. The van der Waals surface area contributed by atoms with E-state index < -0.39 is 0 Å². The number of ether oxygens (including phenoxy) is 1. The zero-order valence-corrected chi connectivity index (χ0v) is 11.8. The molecular weight excluding hydrogens is 236 g/mol. The molecule has 0 aliphatic heterocycles. The van der Waals surface area contributed by atoms with E-state index in [1.54, 1.807) is 0 Å². The lowest BCUT2D eigenvalue weighted by Gasteiger charge is -2.13. The van der Waals surface area contributed by atoms with Crippen LogP contribution in [0.4, 0.5) is 0 Å². The van der Waals surface area contributed by atoms with E-state index in [0.29, 0.717) is 6.04 Å². The maximum Gasteiger partial charge on any atom is 0.120 e. The normalized spacial score (nSPS) is 17.9. The molecule has 2 aromatic rings. The van der Waals surface area contributed by atoms with Crippen molar-refractivity contribution >= 4 is 10.9 Å². The first kappa shape index (κ1) is 12.5. The van der Waals surface area contributed by atoms with Crippen molar-refractivity contribution in [3.05, 3.63) is 29.5 Å². The van der Waals surface area contributed by atoms with E-state index in [-0.39, 0.29) is 0 Å². The van der Waals surface area contributed by atoms with Crippen LogP contribution in [-0.4, -0.2) is 18.1 Å². The second-order valence-corrected chi connectivity index (χ2v) is 5.20. The summed E-state index contributed by atoms with van der Waals surface area (Å²) < 4.78 is 5.63. The van der Waals surface area contributed by atoms with E-state index in [2.05, 4.69) is 29.4 Å². The number of H-pyrrole nitrogens is 1. The van der Waals surface area contributed by atoms with Gasteiger partial charge in [0, 0.05) is 22.6 Å². The molecule has 0 saturated carbocycles. The molecule has 1 aromatic heterocycles. The number of nitrogens with one attached hydrogen (secondary N) is 2. The molecule has 2 N–H and O–H groups in total. The molecule has 1 unspecified atom stereocenters. The molecule has 102 valence electrons. The van der Waals surface area contributed by atoms with Crippen molar-refractivity contribution in [1.82, 2.24) is 10.3 Å². The molecule has 3 nitrogen and oxygen atoms in total. The van der Waals surface area contributed by atoms with Crippen LogP contribution in [0, 0.1) is 0 Å². The van der Waals surface area contributed by atoms with Gasteiger partial charge in [-0.25, -0.2) is 0 Å². The SMILES string of the molecule is CCCNC1CCc2[nH]c3ccc(OCC)cc3c21. The van der Waals surface area contributed by atoms with Crippen molar-refractivity contribution in [3.63, 3.8) is 0 Å². The first-order chi connectivity index (χ1) is 9.33. The van der Waals surface area contributed by atoms with Crippen LogP contribution in [-0.2, 0) is 6.42 Å². The van der Waals surface area contributed by atoms with E-state index in [4.69, 9.17) is 4.74 Å². The maximum atomic E-state index is 5.63. The number of aryl methyl sites for hydroxylation is 1. The summed E-state index contributed by atoms with van der Waals surface area (Å²) in [6.45, 7) is 6.04. The minimum Gasteiger partial charge on any atom is -0.494 e. The number of hydrogen-bond donors (Lipinski definition) is 2. The lowest BCUT2D eigenvalue weighted by Crippen LogP contribution is -2.19. The third-order valence-corrected chi connectivity index (χ3v) is 3.88. The number of aromatic amines is 1. The second-order valence-electron chi connectivity index (χ2n) is 5.20. The van der Waals surface area contributed by atoms with Gasteiger partial charge in [0.25, 0.3) is 0 Å². The van der Waals surface area contributed by atoms with Crippen LogP contribution in [0.1, 0.15) is 44.0 Å². The van der Waals surface area contributed by atoms with Gasteiger partial charge in [-0.3, -0.25) is 0 Å². The highest BCUT2D eigenvalue weighted by Crippen LogP contribution is 2.38. The summed E-state index contributed by atoms with van der Waals surface area (Å²) in [4.78, 5) is 3.56. The molecule has 1 atom stereocenters. The van der Waals surface area contributed by atoms with Gasteiger partial charge in [0.2, 0.25) is 0 Å². The van der Waals surface area contributed by atoms with Crippen LogP contribution in [0.25, 0.3) is 10.9 Å². The predicted molar refractivity (Wildman–Crippen MR) is 78.8 cm³/mol. The zero-order valence-electron chi connectivity index (χ0n) is 11.8. The van der Waals surface area contributed by atoms with Crippen LogP contribution in [0.5, 0.6) is 5.75 Å². The van der Waals surface area contributed by atoms with Gasteiger partial charge in [-0.15, -0.1) is 0 Å². The summed E-state index contributed by atoms with van der Waals surface area (Å²) in [5.74, 6) is 0.970. The molecule has 3 heteroatoms. The van der Waals surface area contributed by atoms with E-state index in [0.717, 1.165) is 25.3 Å². The van der Waals surface area contributed by atoms with Crippen molar-refractivity contribution in [1.29, 1.82) is 0 Å². The molecule has 0 spiro atoms. The molecule has 0 fully saturated rings. The second kappa shape index (κ2) is 5.25. The highest BCUT2D eigenvalue weighted by Gasteiger charge is 2.26. The topological polar surface area (TPSA) is 37.0 Å². The summed E-state index contributed by atoms with van der Waals surface area (Å²) >= 11 is 0. The molecule has 0 saturated heterocycles. The predicted octanol–water partition coefficient (Wildman–Crippen LogP) is 3.55. The lowest BCUT2D eigenvalue weighted by molar-refractivity contribution is 0.340. The van der Waals surface area contributed by atoms with Gasteiger partial charge in [-0.2, -0.15) is 0 Å². The zero-order chi connectivity index (χ0) is 13.2. The smallest absolute Gasteiger partial charge is 0.120 e. The lowest BCUT2D eigenvalue weighted by atomic mass is 10.1. The van der Waals surface area contributed by atoms with E-state index in [1.165, 1.54) is 35.0 Å². The molecule has 0 bridgehead atoms. The molecule has 0 amide bonds. The fourth-order valence-corrected chi connectivity index (χ4v) is 3.06. The highest BCUT2D eigenvalue weighted by atomic mass is 16.5. The summed E-state index contributed by atoms with van der Waals surface area (Å²) in [5, 5.41) is 4.98. The maximum absolute atomic E-state index is 5.63. The van der Waals surface area contributed by atoms with Crippen molar-refractivity contribution < 1.29 is 4.74 Å². The minimum absolute atomic E-state index is 0.501. The summed E-state index contributed by atoms with van der Waals surface area (Å²) in [5.41, 5.74) is 4.10. The number of hydrogen-bond acceptors (Lipinski definition) is 2. The monoisotopic (exact) mass is 258 g/mol. The van der Waals surface area contributed by atoms with Gasteiger partial charge in [-0.1, -0.05) is 6.92 Å². The molecule has 1 aliphatic rings. The Balaban J connectivity index is 1.99. The molecule has 1 heterocycles. The van der Waals surface area contributed by atoms with E-state index in [9.17, 15) is 0 Å². The van der Waals surface area contributed by atoms with E-state index in [1.807, 2.05) is 13.0 Å². The summed E-state index contributed by atoms with van der Waals surface area (Å²) in [7, 11) is 0. The fourth-order valence-electron chi connectivity index (χ4n) is 3.06. The van der Waals surface area contributed by atoms with Gasteiger partial charge in [0.15, 0.2) is 0 Å². The van der Waals surface area contributed by atoms with Gasteiger partial charge in [-0.05, 0) is 56.5 Å². The standard InChI is InChI=1S/C16H22N2O/c1-3-9-17-14-7-8-15-16(14)12-10-11(19-4-2)5-6-13(12)18-15/h5-6,10,14,17-18H,3-4,7-9H2,1-2H3. The summed E-state index contributed by atoms with van der Waals surface area (Å²) in [6, 6.07) is 6.86. The molecule has 19 heavy (non-hydrogen) atoms. The summed E-state index contributed by atoms with van der Waals surface area (Å²) in [6.07, 6.45) is 3.53. The molecule has 1 aliphatic carbocycles. The Morgan fingerprint density at radius 3 is 3.05 bits per heavy atom. The number of rotatable bonds is 5. The molecule has 3 rings (SSSR count). The Labute approximate surface area is 114 Å². The van der Waals surface area contributed by atoms with Crippen molar-refractivity contribution in [2.24, 2.45) is 0 Å². The van der Waals surface area contributed by atoms with Crippen LogP contribution in [0.15, 0.2) is 18.2 Å². The minimum atomic E-state index is 0.501. The van der Waals surface area contributed by atoms with Crippen molar-refractivity contribution in [2.45, 2.75) is 39.2 Å². The third kappa shape index (κ3) is 2.23. The molecule has 1 aromatic carbocycles. The van der Waals surface area contributed by atoms with Gasteiger partial charge in [0.05, 0.1) is 6.61 Å². The molecular formula is C16H22N2O. The Morgan fingerprint density at radius 2 is 2.26 bits per heavy atom. The first-order valence-corrected chi connectivity index (χ1v) is 7.34.